The molecule has 2 rings (SSSR count). The molecular formula is C10H16N4. The molecule has 14 heavy (non-hydrogen) atoms. The first-order chi connectivity index (χ1) is 6.09. The Balaban J connectivity index is 0.000000980. The number of nitrogens with zero attached hydrogens (tertiary/aromatic N) is 3. The van der Waals surface area contributed by atoms with E-state index in [0.29, 0.717) is 0 Å². The van der Waals surface area contributed by atoms with Crippen LogP contribution >= 0.6 is 0 Å². The molecule has 4 heteroatoms. The Morgan fingerprint density at radius 3 is 2.50 bits per heavy atom. The highest BCUT2D eigenvalue weighted by molar-refractivity contribution is 5.73. The van der Waals surface area contributed by atoms with Gasteiger partial charge in [0.2, 0.25) is 0 Å². The molecule has 0 radical (unpaired) electrons. The summed E-state index contributed by atoms with van der Waals surface area (Å²) in [5, 5.41) is 0. The Bertz CT molecular complexity index is 425. The van der Waals surface area contributed by atoms with Crippen molar-refractivity contribution in [1.82, 2.24) is 19.9 Å². The molecule has 2 aromatic rings. The monoisotopic (exact) mass is 192 g/mol. The van der Waals surface area contributed by atoms with E-state index in [1.807, 2.05) is 0 Å². The zero-order valence-electron chi connectivity index (χ0n) is 8.00. The minimum absolute atomic E-state index is 0. The zero-order valence-corrected chi connectivity index (χ0v) is 8.00. The van der Waals surface area contributed by atoms with Crippen molar-refractivity contribution in [1.29, 1.82) is 0 Å². The van der Waals surface area contributed by atoms with Crippen LogP contribution in [0.3, 0.4) is 0 Å². The smallest absolute Gasteiger partial charge is 0.180 e. The van der Waals surface area contributed by atoms with Crippen LogP contribution in [0.5, 0.6) is 0 Å². The Hall–Kier alpha value is -1.45. The molecule has 0 aliphatic rings. The molecule has 76 valence electrons. The summed E-state index contributed by atoms with van der Waals surface area (Å²) in [6, 6.07) is 0. The molecule has 1 N–H and O–H groups in total. The van der Waals surface area contributed by atoms with E-state index in [9.17, 15) is 0 Å². The number of hydrogen-bond donors (Lipinski definition) is 1. The van der Waals surface area contributed by atoms with Gasteiger partial charge in [-0.3, -0.25) is 0 Å². The fourth-order valence-electron chi connectivity index (χ4n) is 1.33. The van der Waals surface area contributed by atoms with Gasteiger partial charge < -0.3 is 4.98 Å². The van der Waals surface area contributed by atoms with Crippen molar-refractivity contribution < 1.29 is 0 Å². The van der Waals surface area contributed by atoms with Gasteiger partial charge in [0.15, 0.2) is 5.65 Å². The largest absolute Gasteiger partial charge is 0.342 e. The topological polar surface area (TPSA) is 54.5 Å². The summed E-state index contributed by atoms with van der Waals surface area (Å²) in [6.45, 7) is 6.36. The zero-order chi connectivity index (χ0) is 9.47. The third-order valence-electron chi connectivity index (χ3n) is 1.93. The number of hydrogen-bond acceptors (Lipinski definition) is 3. The lowest BCUT2D eigenvalue weighted by molar-refractivity contribution is 0.573. The van der Waals surface area contributed by atoms with Gasteiger partial charge in [0.05, 0.1) is 12.0 Å². The van der Waals surface area contributed by atoms with E-state index in [1.54, 1.807) is 12.7 Å². The first-order valence-electron chi connectivity index (χ1n) is 4.23. The van der Waals surface area contributed by atoms with Crippen molar-refractivity contribution >= 4 is 11.2 Å². The van der Waals surface area contributed by atoms with Gasteiger partial charge in [-0.2, -0.15) is 0 Å². The predicted molar refractivity (Wildman–Crippen MR) is 57.1 cm³/mol. The summed E-state index contributed by atoms with van der Waals surface area (Å²) in [7, 11) is 0. The first-order valence-corrected chi connectivity index (χ1v) is 4.23. The molecule has 0 unspecified atom stereocenters. The Labute approximate surface area is 83.8 Å². The highest BCUT2D eigenvalue weighted by Crippen LogP contribution is 2.24. The third-order valence-corrected chi connectivity index (χ3v) is 1.93. The fraction of sp³-hybridized carbons (Fsp3) is 0.500. The molecule has 0 atom stereocenters. The summed E-state index contributed by atoms with van der Waals surface area (Å²) in [5.41, 5.74) is 2.71. The second-order valence-electron chi connectivity index (χ2n) is 4.07. The first kappa shape index (κ1) is 10.6. The highest BCUT2D eigenvalue weighted by Gasteiger charge is 2.19. The van der Waals surface area contributed by atoms with Crippen LogP contribution in [-0.4, -0.2) is 19.9 Å². The van der Waals surface area contributed by atoms with Crippen LogP contribution in [0.2, 0.25) is 0 Å². The second-order valence-corrected chi connectivity index (χ2v) is 4.07. The quantitative estimate of drug-likeness (QED) is 0.696. The van der Waals surface area contributed by atoms with Gasteiger partial charge in [0.1, 0.15) is 11.8 Å². The molecule has 0 aromatic carbocycles. The standard InChI is InChI=1S/C9H12N4.CH4/c1-9(2,3)7-6-8(12-4-10-6)13-5-11-7;/h4-5H,1-3H3,(H,10,11,12,13);1H4. The van der Waals surface area contributed by atoms with E-state index >= 15 is 0 Å². The lowest BCUT2D eigenvalue weighted by Gasteiger charge is -2.17. The van der Waals surface area contributed by atoms with Crippen molar-refractivity contribution in [3.63, 3.8) is 0 Å². The van der Waals surface area contributed by atoms with Gasteiger partial charge >= 0.3 is 0 Å². The molecule has 0 saturated heterocycles. The van der Waals surface area contributed by atoms with E-state index in [1.165, 1.54) is 0 Å². The van der Waals surface area contributed by atoms with Gasteiger partial charge in [-0.05, 0) is 0 Å². The second kappa shape index (κ2) is 3.36. The summed E-state index contributed by atoms with van der Waals surface area (Å²) < 4.78 is 0. The third kappa shape index (κ3) is 1.60. The van der Waals surface area contributed by atoms with Crippen LogP contribution in [0.15, 0.2) is 12.7 Å². The van der Waals surface area contributed by atoms with Gasteiger partial charge in [-0.15, -0.1) is 0 Å². The van der Waals surface area contributed by atoms with Crippen molar-refractivity contribution in [3.8, 4) is 0 Å². The van der Waals surface area contributed by atoms with E-state index in [0.717, 1.165) is 16.9 Å². The van der Waals surface area contributed by atoms with Gasteiger partial charge in [-0.25, -0.2) is 15.0 Å². The number of nitrogens with one attached hydrogen (secondary N) is 1. The fourth-order valence-corrected chi connectivity index (χ4v) is 1.33. The van der Waals surface area contributed by atoms with Gasteiger partial charge in [0, 0.05) is 5.41 Å². The Morgan fingerprint density at radius 2 is 1.86 bits per heavy atom. The summed E-state index contributed by atoms with van der Waals surface area (Å²) in [5.74, 6) is 0. The minimum Gasteiger partial charge on any atom is -0.342 e. The van der Waals surface area contributed by atoms with Crippen LogP contribution in [0.1, 0.15) is 33.9 Å². The van der Waals surface area contributed by atoms with Crippen LogP contribution < -0.4 is 0 Å². The summed E-state index contributed by atoms with van der Waals surface area (Å²) in [4.78, 5) is 15.5. The van der Waals surface area contributed by atoms with E-state index in [2.05, 4.69) is 40.7 Å². The van der Waals surface area contributed by atoms with Gasteiger partial charge in [0.25, 0.3) is 0 Å². The van der Waals surface area contributed by atoms with Crippen LogP contribution in [0, 0.1) is 0 Å². The maximum Gasteiger partial charge on any atom is 0.180 e. The molecule has 2 aromatic heterocycles. The number of fused-ring (bicyclic) bond motifs is 1. The summed E-state index contributed by atoms with van der Waals surface area (Å²) in [6.07, 6.45) is 3.21. The molecule has 0 amide bonds. The van der Waals surface area contributed by atoms with Crippen molar-refractivity contribution in [3.05, 3.63) is 18.3 Å². The minimum atomic E-state index is 0. The van der Waals surface area contributed by atoms with Crippen LogP contribution in [0.4, 0.5) is 0 Å². The molecule has 0 spiro atoms. The number of aromatic nitrogens is 4. The Kier molecular flexibility index (Phi) is 2.55. The molecule has 0 aliphatic carbocycles. The number of aromatic amines is 1. The number of imidazole rings is 1. The average molecular weight is 192 g/mol. The van der Waals surface area contributed by atoms with E-state index in [4.69, 9.17) is 0 Å². The Morgan fingerprint density at radius 1 is 1.14 bits per heavy atom. The molecule has 4 nitrogen and oxygen atoms in total. The lowest BCUT2D eigenvalue weighted by Crippen LogP contribution is -2.14. The summed E-state index contributed by atoms with van der Waals surface area (Å²) >= 11 is 0. The lowest BCUT2D eigenvalue weighted by atomic mass is 9.91. The van der Waals surface area contributed by atoms with Gasteiger partial charge in [-0.1, -0.05) is 28.2 Å². The van der Waals surface area contributed by atoms with Crippen LogP contribution in [-0.2, 0) is 5.41 Å². The van der Waals surface area contributed by atoms with E-state index in [-0.39, 0.29) is 12.8 Å². The SMILES string of the molecule is C.CC(C)(C)c1ncnc2nc[nH]c12. The molecule has 0 fully saturated rings. The van der Waals surface area contributed by atoms with Crippen molar-refractivity contribution in [2.75, 3.05) is 0 Å². The van der Waals surface area contributed by atoms with Crippen molar-refractivity contribution in [2.24, 2.45) is 0 Å². The average Bonchev–Trinajstić information content (AvgIpc) is 2.48. The maximum absolute atomic E-state index is 4.27. The van der Waals surface area contributed by atoms with Crippen LogP contribution in [0.25, 0.3) is 11.2 Å². The van der Waals surface area contributed by atoms with Crippen molar-refractivity contribution in [2.45, 2.75) is 33.6 Å². The number of rotatable bonds is 0. The molecule has 2 heterocycles. The molecule has 0 bridgehead atoms. The highest BCUT2D eigenvalue weighted by atomic mass is 15.0. The predicted octanol–water partition coefficient (Wildman–Crippen LogP) is 2.29. The normalized spacial score (nSPS) is 11.4. The number of H-pyrrole nitrogens is 1. The molecular weight excluding hydrogens is 176 g/mol. The molecule has 0 saturated carbocycles. The molecule has 0 aliphatic heterocycles. The maximum atomic E-state index is 4.27. The van der Waals surface area contributed by atoms with E-state index < -0.39 is 0 Å².